The molecular weight excluding hydrogens is 254 g/mol. The minimum absolute atomic E-state index is 0.334. The molecule has 1 aromatic heterocycles. The molecule has 1 atom stereocenters. The van der Waals surface area contributed by atoms with Crippen LogP contribution in [0.25, 0.3) is 0 Å². The van der Waals surface area contributed by atoms with E-state index >= 15 is 0 Å². The highest BCUT2D eigenvalue weighted by atomic mass is 16.5. The van der Waals surface area contributed by atoms with Crippen LogP contribution in [0.1, 0.15) is 63.6 Å². The second kappa shape index (κ2) is 7.18. The molecule has 1 heterocycles. The molecule has 0 saturated heterocycles. The van der Waals surface area contributed by atoms with E-state index < -0.39 is 0 Å². The number of nitrogens with one attached hydrogen (secondary N) is 1. The first kappa shape index (κ1) is 15.4. The molecule has 114 valence electrons. The topological polar surface area (TPSA) is 60.2 Å². The number of likely N-dealkylation sites (N-methyl/N-ethyl adjacent to an activating group) is 1. The second-order valence-electron chi connectivity index (χ2n) is 5.72. The van der Waals surface area contributed by atoms with Crippen LogP contribution in [0, 0.1) is 0 Å². The first-order valence-corrected chi connectivity index (χ1v) is 7.79. The summed E-state index contributed by atoms with van der Waals surface area (Å²) in [5, 5.41) is 7.47. The third-order valence-electron chi connectivity index (χ3n) is 4.50. The van der Waals surface area contributed by atoms with Crippen molar-refractivity contribution in [3.63, 3.8) is 0 Å². The summed E-state index contributed by atoms with van der Waals surface area (Å²) in [5.74, 6) is 1.45. The first-order chi connectivity index (χ1) is 9.74. The minimum atomic E-state index is -0.334. The molecule has 0 radical (unpaired) electrons. The van der Waals surface area contributed by atoms with E-state index in [1.54, 1.807) is 7.11 Å². The van der Waals surface area contributed by atoms with E-state index in [0.717, 1.165) is 31.5 Å². The van der Waals surface area contributed by atoms with Crippen LogP contribution in [0.5, 0.6) is 0 Å². The molecule has 1 aromatic rings. The third-order valence-corrected chi connectivity index (χ3v) is 4.50. The number of rotatable bonds is 6. The second-order valence-corrected chi connectivity index (χ2v) is 5.72. The van der Waals surface area contributed by atoms with Crippen molar-refractivity contribution in [2.24, 2.45) is 0 Å². The molecule has 0 aromatic carbocycles. The van der Waals surface area contributed by atoms with Crippen molar-refractivity contribution < 1.29 is 9.26 Å². The van der Waals surface area contributed by atoms with Gasteiger partial charge in [0.15, 0.2) is 0 Å². The van der Waals surface area contributed by atoms with Gasteiger partial charge in [0.25, 0.3) is 0 Å². The van der Waals surface area contributed by atoms with E-state index in [1.165, 1.54) is 25.7 Å². The maximum absolute atomic E-state index is 5.82. The number of hydrogen-bond acceptors (Lipinski definition) is 5. The van der Waals surface area contributed by atoms with E-state index in [0.29, 0.717) is 11.9 Å². The molecule has 1 saturated carbocycles. The highest BCUT2D eigenvalue weighted by Crippen LogP contribution is 2.37. The fourth-order valence-corrected chi connectivity index (χ4v) is 3.00. The Bertz CT molecular complexity index is 394. The predicted octanol–water partition coefficient (Wildman–Crippen LogP) is 2.81. The van der Waals surface area contributed by atoms with Crippen LogP contribution in [0.3, 0.4) is 0 Å². The quantitative estimate of drug-likeness (QED) is 0.812. The average molecular weight is 281 g/mol. The van der Waals surface area contributed by atoms with Gasteiger partial charge in [-0.25, -0.2) is 0 Å². The molecule has 1 aliphatic rings. The molecule has 0 amide bonds. The minimum Gasteiger partial charge on any atom is -0.370 e. The lowest BCUT2D eigenvalue weighted by molar-refractivity contribution is -0.0365. The Labute approximate surface area is 121 Å². The Morgan fingerprint density at radius 1 is 1.30 bits per heavy atom. The maximum atomic E-state index is 5.82. The molecule has 1 N–H and O–H groups in total. The summed E-state index contributed by atoms with van der Waals surface area (Å²) < 4.78 is 11.3. The third kappa shape index (κ3) is 3.38. The van der Waals surface area contributed by atoms with Crippen molar-refractivity contribution >= 4 is 0 Å². The number of methoxy groups -OCH3 is 1. The zero-order valence-corrected chi connectivity index (χ0v) is 12.9. The largest absolute Gasteiger partial charge is 0.370 e. The van der Waals surface area contributed by atoms with E-state index in [9.17, 15) is 0 Å². The van der Waals surface area contributed by atoms with Crippen LogP contribution >= 0.6 is 0 Å². The predicted molar refractivity (Wildman–Crippen MR) is 77.5 cm³/mol. The molecule has 1 aliphatic carbocycles. The summed E-state index contributed by atoms with van der Waals surface area (Å²) in [6.45, 7) is 2.15. The molecule has 0 aliphatic heterocycles. The summed E-state index contributed by atoms with van der Waals surface area (Å²) in [7, 11) is 3.73. The summed E-state index contributed by atoms with van der Waals surface area (Å²) in [6.07, 6.45) is 8.69. The van der Waals surface area contributed by atoms with Gasteiger partial charge in [-0.15, -0.1) is 0 Å². The SMILES string of the molecule is CCC(Cc1nc(C2(OC)CCCCCC2)no1)NC. The molecule has 1 fully saturated rings. The Hall–Kier alpha value is -0.940. The van der Waals surface area contributed by atoms with Crippen LogP contribution in [-0.4, -0.2) is 30.3 Å². The zero-order chi connectivity index (χ0) is 14.4. The highest BCUT2D eigenvalue weighted by Gasteiger charge is 2.37. The maximum Gasteiger partial charge on any atom is 0.228 e. The van der Waals surface area contributed by atoms with Gasteiger partial charge < -0.3 is 14.6 Å². The van der Waals surface area contributed by atoms with Crippen molar-refractivity contribution in [2.75, 3.05) is 14.2 Å². The number of hydrogen-bond donors (Lipinski definition) is 1. The van der Waals surface area contributed by atoms with E-state index in [-0.39, 0.29) is 5.60 Å². The average Bonchev–Trinajstić information content (AvgIpc) is 2.81. The van der Waals surface area contributed by atoms with Gasteiger partial charge in [-0.3, -0.25) is 0 Å². The van der Waals surface area contributed by atoms with Crippen molar-refractivity contribution in [1.29, 1.82) is 0 Å². The van der Waals surface area contributed by atoms with Crippen LogP contribution in [-0.2, 0) is 16.8 Å². The molecular formula is C15H27N3O2. The monoisotopic (exact) mass is 281 g/mol. The van der Waals surface area contributed by atoms with E-state index in [1.807, 2.05) is 7.05 Å². The smallest absolute Gasteiger partial charge is 0.228 e. The summed E-state index contributed by atoms with van der Waals surface area (Å²) >= 11 is 0. The number of nitrogens with zero attached hydrogens (tertiary/aromatic N) is 2. The lowest BCUT2D eigenvalue weighted by Crippen LogP contribution is -2.30. The highest BCUT2D eigenvalue weighted by molar-refractivity contribution is 5.03. The fraction of sp³-hybridized carbons (Fsp3) is 0.867. The zero-order valence-electron chi connectivity index (χ0n) is 12.9. The van der Waals surface area contributed by atoms with Gasteiger partial charge in [-0.05, 0) is 26.3 Å². The van der Waals surface area contributed by atoms with Crippen molar-refractivity contribution in [2.45, 2.75) is 69.9 Å². The number of aromatic nitrogens is 2. The molecule has 0 bridgehead atoms. The normalized spacial score (nSPS) is 20.6. The van der Waals surface area contributed by atoms with Crippen LogP contribution in [0.2, 0.25) is 0 Å². The van der Waals surface area contributed by atoms with Crippen molar-refractivity contribution in [3.8, 4) is 0 Å². The summed E-state index contributed by atoms with van der Waals surface area (Å²) in [6, 6.07) is 0.385. The lowest BCUT2D eigenvalue weighted by atomic mass is 9.93. The van der Waals surface area contributed by atoms with Gasteiger partial charge in [0, 0.05) is 19.6 Å². The molecule has 0 spiro atoms. The molecule has 5 nitrogen and oxygen atoms in total. The molecule has 2 rings (SSSR count). The van der Waals surface area contributed by atoms with Crippen LogP contribution < -0.4 is 5.32 Å². The lowest BCUT2D eigenvalue weighted by Gasteiger charge is -2.27. The van der Waals surface area contributed by atoms with Gasteiger partial charge in [-0.2, -0.15) is 4.98 Å². The Balaban J connectivity index is 2.12. The van der Waals surface area contributed by atoms with Crippen molar-refractivity contribution in [3.05, 3.63) is 11.7 Å². The van der Waals surface area contributed by atoms with Gasteiger partial charge in [-0.1, -0.05) is 37.8 Å². The van der Waals surface area contributed by atoms with Gasteiger partial charge >= 0.3 is 0 Å². The summed E-state index contributed by atoms with van der Waals surface area (Å²) in [5.41, 5.74) is -0.334. The molecule has 20 heavy (non-hydrogen) atoms. The fourth-order valence-electron chi connectivity index (χ4n) is 3.00. The van der Waals surface area contributed by atoms with E-state index in [4.69, 9.17) is 9.26 Å². The van der Waals surface area contributed by atoms with Gasteiger partial charge in [0.05, 0.1) is 0 Å². The van der Waals surface area contributed by atoms with Crippen molar-refractivity contribution in [1.82, 2.24) is 15.5 Å². The molecule has 1 unspecified atom stereocenters. The van der Waals surface area contributed by atoms with Crippen LogP contribution in [0.15, 0.2) is 4.52 Å². The molecule has 5 heteroatoms. The Morgan fingerprint density at radius 2 is 2.00 bits per heavy atom. The van der Waals surface area contributed by atoms with Gasteiger partial charge in [0.2, 0.25) is 11.7 Å². The van der Waals surface area contributed by atoms with E-state index in [2.05, 4.69) is 22.4 Å². The van der Waals surface area contributed by atoms with Gasteiger partial charge in [0.1, 0.15) is 5.60 Å². The Morgan fingerprint density at radius 3 is 2.55 bits per heavy atom. The first-order valence-electron chi connectivity index (χ1n) is 7.79. The summed E-state index contributed by atoms with van der Waals surface area (Å²) in [4.78, 5) is 4.61. The number of ether oxygens (including phenoxy) is 1. The van der Waals surface area contributed by atoms with Crippen LogP contribution in [0.4, 0.5) is 0 Å². The Kier molecular flexibility index (Phi) is 5.54. The standard InChI is InChI=1S/C15H27N3O2/c1-4-12(16-2)11-13-17-14(18-20-13)15(19-3)9-7-5-6-8-10-15/h12,16H,4-11H2,1-3H3.